The van der Waals surface area contributed by atoms with Crippen LogP contribution in [0.1, 0.15) is 80.6 Å². The van der Waals surface area contributed by atoms with Crippen molar-refractivity contribution in [3.8, 4) is 0 Å². The van der Waals surface area contributed by atoms with Crippen LogP contribution < -0.4 is 0 Å². The van der Waals surface area contributed by atoms with Crippen molar-refractivity contribution in [1.82, 2.24) is 0 Å². The number of carbonyl (C=O) groups excluding carboxylic acids is 1. The summed E-state index contributed by atoms with van der Waals surface area (Å²) in [4.78, 5) is 12.8. The Morgan fingerprint density at radius 1 is 1.11 bits per heavy atom. The van der Waals surface area contributed by atoms with Gasteiger partial charge in [-0.2, -0.15) is 0 Å². The average Bonchev–Trinajstić information content (AvgIpc) is 3.28. The third-order valence-corrected chi connectivity index (χ3v) is 12.8. The Hall–Kier alpha value is -1.01. The second-order valence-electron chi connectivity index (χ2n) is 14.9. The lowest BCUT2D eigenvalue weighted by Crippen LogP contribution is -2.54. The molecule has 0 radical (unpaired) electrons. The summed E-state index contributed by atoms with van der Waals surface area (Å²) in [6.45, 7) is 14.8. The van der Waals surface area contributed by atoms with E-state index in [0.717, 1.165) is 32.1 Å². The van der Waals surface area contributed by atoms with E-state index in [1.807, 2.05) is 6.08 Å². The van der Waals surface area contributed by atoms with Crippen molar-refractivity contribution in [2.45, 2.75) is 110 Å². The minimum atomic E-state index is -1.08. The standard InChI is InChI=1S/C30H42O5/c1-16-14-17-22(25(4,5)33)35-30(34-17)21(16)26(6)12-13-29-15-28(29)11-10-20(31)24(2,3)18(28)8-9-19(29)27(26,7)23(30)32/h9-11,16-18,21-23,32-33H,8,12-15H2,1-7H3. The Morgan fingerprint density at radius 2 is 1.83 bits per heavy atom. The van der Waals surface area contributed by atoms with E-state index < -0.39 is 29.0 Å². The first-order valence-electron chi connectivity index (χ1n) is 13.8. The van der Waals surface area contributed by atoms with Gasteiger partial charge in [-0.25, -0.2) is 0 Å². The Balaban J connectivity index is 1.38. The molecule has 192 valence electrons. The molecule has 2 N–H and O–H groups in total. The van der Waals surface area contributed by atoms with E-state index in [4.69, 9.17) is 9.47 Å². The average molecular weight is 483 g/mol. The molecule has 0 aromatic rings. The third kappa shape index (κ3) is 2.16. The summed E-state index contributed by atoms with van der Waals surface area (Å²) in [6.07, 6.45) is 9.96. The number of rotatable bonds is 1. The van der Waals surface area contributed by atoms with Gasteiger partial charge in [0.25, 0.3) is 0 Å². The number of allylic oxidation sites excluding steroid dienone is 3. The van der Waals surface area contributed by atoms with Gasteiger partial charge in [0.15, 0.2) is 11.6 Å². The molecule has 2 saturated heterocycles. The topological polar surface area (TPSA) is 76.0 Å². The van der Waals surface area contributed by atoms with E-state index in [1.165, 1.54) is 5.57 Å². The van der Waals surface area contributed by atoms with Gasteiger partial charge in [-0.05, 0) is 69.3 Å². The zero-order chi connectivity index (χ0) is 25.2. The van der Waals surface area contributed by atoms with Crippen molar-refractivity contribution >= 4 is 5.78 Å². The molecule has 11 unspecified atom stereocenters. The highest BCUT2D eigenvalue weighted by molar-refractivity contribution is 5.96. The lowest BCUT2D eigenvalue weighted by Gasteiger charge is -2.58. The predicted molar refractivity (Wildman–Crippen MR) is 131 cm³/mol. The molecule has 11 atom stereocenters. The van der Waals surface area contributed by atoms with Crippen LogP contribution in [-0.2, 0) is 14.3 Å². The summed E-state index contributed by atoms with van der Waals surface area (Å²) in [6, 6.07) is 0. The molecule has 2 aliphatic heterocycles. The molecule has 7 rings (SSSR count). The van der Waals surface area contributed by atoms with Crippen LogP contribution in [0.3, 0.4) is 0 Å². The molecule has 5 aliphatic carbocycles. The van der Waals surface area contributed by atoms with Crippen molar-refractivity contribution in [2.75, 3.05) is 0 Å². The van der Waals surface area contributed by atoms with Crippen LogP contribution in [0.15, 0.2) is 23.8 Å². The zero-order valence-electron chi connectivity index (χ0n) is 22.4. The molecular weight excluding hydrogens is 440 g/mol. The molecule has 35 heavy (non-hydrogen) atoms. The van der Waals surface area contributed by atoms with E-state index in [-0.39, 0.29) is 39.5 Å². The highest BCUT2D eigenvalue weighted by atomic mass is 16.8. The summed E-state index contributed by atoms with van der Waals surface area (Å²) in [7, 11) is 0. The maximum absolute atomic E-state index is 12.8. The van der Waals surface area contributed by atoms with Crippen LogP contribution in [0.5, 0.6) is 0 Å². The Bertz CT molecular complexity index is 1100. The van der Waals surface area contributed by atoms with Crippen LogP contribution in [0.4, 0.5) is 0 Å². The summed E-state index contributed by atoms with van der Waals surface area (Å²) < 4.78 is 13.4. The molecule has 3 saturated carbocycles. The number of fused-ring (bicyclic) bond motifs is 4. The van der Waals surface area contributed by atoms with Crippen molar-refractivity contribution in [3.63, 3.8) is 0 Å². The zero-order valence-corrected chi connectivity index (χ0v) is 22.4. The Labute approximate surface area is 209 Å². The fourth-order valence-electron chi connectivity index (χ4n) is 11.1. The first-order chi connectivity index (χ1) is 16.1. The predicted octanol–water partition coefficient (Wildman–Crippen LogP) is 4.56. The minimum Gasteiger partial charge on any atom is -0.388 e. The van der Waals surface area contributed by atoms with Gasteiger partial charge in [-0.1, -0.05) is 52.3 Å². The lowest BCUT2D eigenvalue weighted by molar-refractivity contribution is -0.279. The van der Waals surface area contributed by atoms with Gasteiger partial charge in [0.05, 0.1) is 11.7 Å². The number of ether oxygens (including phenoxy) is 2. The molecule has 5 heteroatoms. The number of aliphatic hydroxyl groups is 2. The van der Waals surface area contributed by atoms with Crippen molar-refractivity contribution in [2.24, 2.45) is 44.8 Å². The van der Waals surface area contributed by atoms with Gasteiger partial charge < -0.3 is 19.7 Å². The van der Waals surface area contributed by atoms with E-state index >= 15 is 0 Å². The molecule has 2 heterocycles. The van der Waals surface area contributed by atoms with Crippen molar-refractivity contribution in [1.29, 1.82) is 0 Å². The summed E-state index contributed by atoms with van der Waals surface area (Å²) in [5, 5.41) is 23.3. The van der Waals surface area contributed by atoms with E-state index in [1.54, 1.807) is 13.8 Å². The molecule has 5 fully saturated rings. The number of carbonyl (C=O) groups is 1. The fourth-order valence-corrected chi connectivity index (χ4v) is 11.1. The summed E-state index contributed by atoms with van der Waals surface area (Å²) in [5.74, 6) is -0.142. The van der Waals surface area contributed by atoms with E-state index in [0.29, 0.717) is 11.8 Å². The SMILES string of the molecule is CC1CC2OC3(OC2C(C)(C)O)C1C1(C)CCC24CC25C=CC(=O)C(C)(C)C5CC=C4C1(C)C3O. The van der Waals surface area contributed by atoms with Crippen LogP contribution in [0.2, 0.25) is 0 Å². The Kier molecular flexibility index (Phi) is 3.97. The van der Waals surface area contributed by atoms with Gasteiger partial charge >= 0.3 is 0 Å². The van der Waals surface area contributed by atoms with Crippen LogP contribution in [0, 0.1) is 44.8 Å². The second-order valence-corrected chi connectivity index (χ2v) is 14.9. The molecule has 2 bridgehead atoms. The first kappa shape index (κ1) is 23.1. The quantitative estimate of drug-likeness (QED) is 0.536. The molecule has 3 spiro atoms. The molecule has 7 aliphatic rings. The van der Waals surface area contributed by atoms with E-state index in [9.17, 15) is 15.0 Å². The Morgan fingerprint density at radius 3 is 2.51 bits per heavy atom. The smallest absolute Gasteiger partial charge is 0.199 e. The van der Waals surface area contributed by atoms with Gasteiger partial charge in [-0.15, -0.1) is 0 Å². The molecule has 5 nitrogen and oxygen atoms in total. The highest BCUT2D eigenvalue weighted by Crippen LogP contribution is 2.88. The van der Waals surface area contributed by atoms with Crippen LogP contribution >= 0.6 is 0 Å². The lowest BCUT2D eigenvalue weighted by atomic mass is 9.45. The van der Waals surface area contributed by atoms with Crippen LogP contribution in [-0.4, -0.2) is 45.7 Å². The molecule has 0 amide bonds. The molecule has 0 aromatic carbocycles. The monoisotopic (exact) mass is 482 g/mol. The van der Waals surface area contributed by atoms with Gasteiger partial charge in [0.2, 0.25) is 0 Å². The third-order valence-electron chi connectivity index (χ3n) is 12.8. The molecule has 0 aromatic heterocycles. The second kappa shape index (κ2) is 6.00. The fraction of sp³-hybridized carbons (Fsp3) is 0.833. The van der Waals surface area contributed by atoms with Gasteiger partial charge in [0.1, 0.15) is 12.2 Å². The normalized spacial score (nSPS) is 59.1. The number of ketones is 1. The summed E-state index contributed by atoms with van der Waals surface area (Å²) >= 11 is 0. The minimum absolute atomic E-state index is 0.0145. The highest BCUT2D eigenvalue weighted by Gasteiger charge is 2.86. The largest absolute Gasteiger partial charge is 0.388 e. The number of aliphatic hydroxyl groups excluding tert-OH is 1. The van der Waals surface area contributed by atoms with Crippen molar-refractivity contribution < 1.29 is 24.5 Å². The number of hydrogen-bond donors (Lipinski definition) is 2. The number of hydrogen-bond acceptors (Lipinski definition) is 5. The summed E-state index contributed by atoms with van der Waals surface area (Å²) in [5.41, 5.74) is -0.635. The van der Waals surface area contributed by atoms with Gasteiger partial charge in [0, 0.05) is 27.6 Å². The molecular formula is C30H42O5. The van der Waals surface area contributed by atoms with Gasteiger partial charge in [-0.3, -0.25) is 4.79 Å². The van der Waals surface area contributed by atoms with E-state index in [2.05, 4.69) is 46.8 Å². The maximum atomic E-state index is 12.8. The van der Waals surface area contributed by atoms with Crippen LogP contribution in [0.25, 0.3) is 0 Å². The maximum Gasteiger partial charge on any atom is 0.199 e. The van der Waals surface area contributed by atoms with Crippen molar-refractivity contribution in [3.05, 3.63) is 23.8 Å². The first-order valence-corrected chi connectivity index (χ1v) is 13.8.